The van der Waals surface area contributed by atoms with Crippen LogP contribution in [0.5, 0.6) is 0 Å². The summed E-state index contributed by atoms with van der Waals surface area (Å²) in [6.07, 6.45) is 2.08. The number of nitrogen functional groups attached to an aromatic ring is 1. The SMILES string of the molecule is CCC(CC)(CC)NC(=O)c1c(F)ccc(N)c1F. The van der Waals surface area contributed by atoms with Gasteiger partial charge in [-0.3, -0.25) is 4.79 Å². The van der Waals surface area contributed by atoms with Crippen LogP contribution in [-0.2, 0) is 0 Å². The molecule has 3 nitrogen and oxygen atoms in total. The fourth-order valence-electron chi connectivity index (χ4n) is 2.10. The highest BCUT2D eigenvalue weighted by molar-refractivity contribution is 5.96. The molecule has 0 spiro atoms. The first-order valence-corrected chi connectivity index (χ1v) is 6.46. The molecule has 0 atom stereocenters. The zero-order valence-electron chi connectivity index (χ0n) is 11.5. The van der Waals surface area contributed by atoms with E-state index in [1.807, 2.05) is 20.8 Å². The zero-order chi connectivity index (χ0) is 14.6. The van der Waals surface area contributed by atoms with E-state index in [-0.39, 0.29) is 5.69 Å². The molecule has 0 saturated heterocycles. The maximum absolute atomic E-state index is 13.8. The van der Waals surface area contributed by atoms with Gasteiger partial charge in [0.25, 0.3) is 5.91 Å². The minimum absolute atomic E-state index is 0.235. The van der Waals surface area contributed by atoms with E-state index in [9.17, 15) is 13.6 Å². The lowest BCUT2D eigenvalue weighted by Crippen LogP contribution is -2.47. The van der Waals surface area contributed by atoms with Gasteiger partial charge in [0.2, 0.25) is 0 Å². The molecule has 0 aliphatic carbocycles. The molecule has 1 aromatic carbocycles. The van der Waals surface area contributed by atoms with Gasteiger partial charge < -0.3 is 11.1 Å². The molecule has 0 bridgehead atoms. The van der Waals surface area contributed by atoms with E-state index in [1.165, 1.54) is 0 Å². The Bertz CT molecular complexity index is 462. The van der Waals surface area contributed by atoms with Crippen LogP contribution in [0, 0.1) is 11.6 Å². The van der Waals surface area contributed by atoms with Gasteiger partial charge in [0.05, 0.1) is 5.69 Å². The Labute approximate surface area is 112 Å². The Balaban J connectivity index is 3.11. The van der Waals surface area contributed by atoms with Crippen molar-refractivity contribution in [3.8, 4) is 0 Å². The Hall–Kier alpha value is -1.65. The van der Waals surface area contributed by atoms with Gasteiger partial charge in [-0.2, -0.15) is 0 Å². The number of carbonyl (C=O) groups excluding carboxylic acids is 1. The molecule has 0 unspecified atom stereocenters. The first-order chi connectivity index (χ1) is 8.90. The zero-order valence-corrected chi connectivity index (χ0v) is 11.5. The largest absolute Gasteiger partial charge is 0.396 e. The summed E-state index contributed by atoms with van der Waals surface area (Å²) in [4.78, 5) is 12.1. The topological polar surface area (TPSA) is 55.1 Å². The van der Waals surface area contributed by atoms with E-state index in [1.54, 1.807) is 0 Å². The Kier molecular flexibility index (Phi) is 4.86. The normalized spacial score (nSPS) is 11.4. The number of nitrogens with two attached hydrogens (primary N) is 1. The van der Waals surface area contributed by atoms with Crippen molar-refractivity contribution in [1.29, 1.82) is 0 Å². The summed E-state index contributed by atoms with van der Waals surface area (Å²) >= 11 is 0. The number of nitrogens with one attached hydrogen (secondary N) is 1. The fraction of sp³-hybridized carbons (Fsp3) is 0.500. The highest BCUT2D eigenvalue weighted by Crippen LogP contribution is 2.23. The minimum Gasteiger partial charge on any atom is -0.396 e. The van der Waals surface area contributed by atoms with Crippen LogP contribution in [0.3, 0.4) is 0 Å². The van der Waals surface area contributed by atoms with E-state index >= 15 is 0 Å². The molecule has 19 heavy (non-hydrogen) atoms. The van der Waals surface area contributed by atoms with E-state index in [4.69, 9.17) is 5.73 Å². The van der Waals surface area contributed by atoms with Crippen molar-refractivity contribution in [2.45, 2.75) is 45.6 Å². The van der Waals surface area contributed by atoms with Gasteiger partial charge in [0, 0.05) is 5.54 Å². The lowest BCUT2D eigenvalue weighted by molar-refractivity contribution is 0.0879. The molecule has 5 heteroatoms. The molecular formula is C14H20F2N2O. The Morgan fingerprint density at radius 2 is 1.74 bits per heavy atom. The number of amides is 1. The lowest BCUT2D eigenvalue weighted by atomic mass is 9.89. The van der Waals surface area contributed by atoms with Crippen LogP contribution in [0.4, 0.5) is 14.5 Å². The summed E-state index contributed by atoms with van der Waals surface area (Å²) in [5.74, 6) is -2.66. The lowest BCUT2D eigenvalue weighted by Gasteiger charge is -2.32. The maximum atomic E-state index is 13.8. The van der Waals surface area contributed by atoms with Gasteiger partial charge in [0.15, 0.2) is 5.82 Å². The van der Waals surface area contributed by atoms with Gasteiger partial charge in [-0.05, 0) is 31.4 Å². The highest BCUT2D eigenvalue weighted by atomic mass is 19.1. The van der Waals surface area contributed by atoms with Crippen molar-refractivity contribution in [1.82, 2.24) is 5.32 Å². The van der Waals surface area contributed by atoms with Crippen LogP contribution in [0.25, 0.3) is 0 Å². The van der Waals surface area contributed by atoms with Crippen LogP contribution in [0.1, 0.15) is 50.4 Å². The molecule has 106 valence electrons. The van der Waals surface area contributed by atoms with Crippen LogP contribution >= 0.6 is 0 Å². The smallest absolute Gasteiger partial charge is 0.257 e. The predicted octanol–water partition coefficient (Wildman–Crippen LogP) is 3.25. The summed E-state index contributed by atoms with van der Waals surface area (Å²) in [6.45, 7) is 5.79. The molecule has 0 heterocycles. The first kappa shape index (κ1) is 15.4. The number of benzene rings is 1. The van der Waals surface area contributed by atoms with Crippen molar-refractivity contribution < 1.29 is 13.6 Å². The Morgan fingerprint density at radius 3 is 2.21 bits per heavy atom. The van der Waals surface area contributed by atoms with Crippen molar-refractivity contribution in [2.75, 3.05) is 5.73 Å². The van der Waals surface area contributed by atoms with E-state index in [0.717, 1.165) is 12.1 Å². The van der Waals surface area contributed by atoms with Crippen LogP contribution in [0.2, 0.25) is 0 Å². The maximum Gasteiger partial charge on any atom is 0.257 e. The molecule has 3 N–H and O–H groups in total. The molecule has 1 aromatic rings. The number of halogens is 2. The summed E-state index contributed by atoms with van der Waals surface area (Å²) in [7, 11) is 0. The molecular weight excluding hydrogens is 250 g/mol. The third-order valence-electron chi connectivity index (χ3n) is 3.76. The van der Waals surface area contributed by atoms with E-state index in [0.29, 0.717) is 19.3 Å². The van der Waals surface area contributed by atoms with E-state index < -0.39 is 28.6 Å². The van der Waals surface area contributed by atoms with Gasteiger partial charge in [0.1, 0.15) is 11.4 Å². The van der Waals surface area contributed by atoms with Crippen molar-refractivity contribution >= 4 is 11.6 Å². The van der Waals surface area contributed by atoms with Gasteiger partial charge in [-0.25, -0.2) is 8.78 Å². The fourth-order valence-corrected chi connectivity index (χ4v) is 2.10. The average Bonchev–Trinajstić information content (AvgIpc) is 2.41. The van der Waals surface area contributed by atoms with Crippen LogP contribution < -0.4 is 11.1 Å². The van der Waals surface area contributed by atoms with Crippen molar-refractivity contribution in [2.24, 2.45) is 0 Å². The second-order valence-corrected chi connectivity index (χ2v) is 4.62. The number of anilines is 1. The van der Waals surface area contributed by atoms with E-state index in [2.05, 4.69) is 5.32 Å². The minimum atomic E-state index is -1.00. The summed E-state index contributed by atoms with van der Waals surface area (Å²) in [5.41, 5.74) is 4.08. The molecule has 1 rings (SSSR count). The van der Waals surface area contributed by atoms with Crippen molar-refractivity contribution in [3.05, 3.63) is 29.3 Å². The number of rotatable bonds is 5. The standard InChI is InChI=1S/C14H20F2N2O/c1-4-14(5-2,6-3)18-13(19)11-9(15)7-8-10(17)12(11)16/h7-8H,4-6,17H2,1-3H3,(H,18,19). The van der Waals surface area contributed by atoms with Crippen molar-refractivity contribution in [3.63, 3.8) is 0 Å². The third-order valence-corrected chi connectivity index (χ3v) is 3.76. The quantitative estimate of drug-likeness (QED) is 0.807. The Morgan fingerprint density at radius 1 is 1.21 bits per heavy atom. The van der Waals surface area contributed by atoms with Gasteiger partial charge in [-0.15, -0.1) is 0 Å². The third kappa shape index (κ3) is 3.03. The van der Waals surface area contributed by atoms with Crippen LogP contribution in [-0.4, -0.2) is 11.4 Å². The second kappa shape index (κ2) is 5.99. The highest BCUT2D eigenvalue weighted by Gasteiger charge is 2.29. The summed E-state index contributed by atoms with van der Waals surface area (Å²) in [6, 6.07) is 2.10. The summed E-state index contributed by atoms with van der Waals surface area (Å²) in [5, 5.41) is 2.73. The first-order valence-electron chi connectivity index (χ1n) is 6.46. The molecule has 0 aromatic heterocycles. The number of carbonyl (C=O) groups is 1. The summed E-state index contributed by atoms with van der Waals surface area (Å²) < 4.78 is 27.4. The number of hydrogen-bond donors (Lipinski definition) is 2. The van der Waals surface area contributed by atoms with Gasteiger partial charge in [-0.1, -0.05) is 20.8 Å². The monoisotopic (exact) mass is 270 g/mol. The number of hydrogen-bond acceptors (Lipinski definition) is 2. The second-order valence-electron chi connectivity index (χ2n) is 4.62. The van der Waals surface area contributed by atoms with Gasteiger partial charge >= 0.3 is 0 Å². The molecule has 0 aliphatic rings. The predicted molar refractivity (Wildman–Crippen MR) is 71.8 cm³/mol. The van der Waals surface area contributed by atoms with Crippen LogP contribution in [0.15, 0.2) is 12.1 Å². The molecule has 0 fully saturated rings. The molecule has 1 amide bonds. The average molecular weight is 270 g/mol. The molecule has 0 saturated carbocycles. The molecule has 0 radical (unpaired) electrons. The molecule has 0 aliphatic heterocycles.